The molecule has 0 bridgehead atoms. The Morgan fingerprint density at radius 2 is 1.94 bits per heavy atom. The monoisotopic (exact) mass is 230 g/mol. The maximum Gasteiger partial charge on any atom is 0.160 e. The summed E-state index contributed by atoms with van der Waals surface area (Å²) in [5, 5.41) is 0.446. The van der Waals surface area contributed by atoms with E-state index in [1.54, 1.807) is 6.20 Å². The van der Waals surface area contributed by atoms with Gasteiger partial charge in [-0.3, -0.25) is 0 Å². The van der Waals surface area contributed by atoms with E-state index in [9.17, 15) is 0 Å². The van der Waals surface area contributed by atoms with Crippen LogP contribution in [0.25, 0.3) is 17.0 Å². The molecule has 1 aromatic carbocycles. The number of rotatable bonds is 2. The molecule has 16 heavy (non-hydrogen) atoms. The number of halogens is 1. The lowest BCUT2D eigenvalue weighted by Gasteiger charge is -2.04. The van der Waals surface area contributed by atoms with Crippen LogP contribution in [0.1, 0.15) is 12.5 Å². The minimum absolute atomic E-state index is 0.446. The highest BCUT2D eigenvalue weighted by Gasteiger charge is 2.06. The molecule has 0 atom stereocenters. The molecule has 0 N–H and O–H groups in total. The van der Waals surface area contributed by atoms with E-state index in [0.29, 0.717) is 11.0 Å². The lowest BCUT2D eigenvalue weighted by Crippen LogP contribution is -1.93. The largest absolute Gasteiger partial charge is 0.236 e. The van der Waals surface area contributed by atoms with Crippen molar-refractivity contribution in [3.05, 3.63) is 53.8 Å². The summed E-state index contributed by atoms with van der Waals surface area (Å²) < 4.78 is 0. The molecule has 0 radical (unpaired) electrons. The molecule has 0 saturated carbocycles. The van der Waals surface area contributed by atoms with Gasteiger partial charge >= 0.3 is 0 Å². The average molecular weight is 231 g/mol. The van der Waals surface area contributed by atoms with E-state index in [4.69, 9.17) is 11.6 Å². The molecule has 0 spiro atoms. The van der Waals surface area contributed by atoms with Gasteiger partial charge in [-0.25, -0.2) is 9.97 Å². The lowest BCUT2D eigenvalue weighted by molar-refractivity contribution is 1.16. The van der Waals surface area contributed by atoms with Gasteiger partial charge in [0.15, 0.2) is 5.82 Å². The quantitative estimate of drug-likeness (QED) is 0.733. The van der Waals surface area contributed by atoms with Crippen molar-refractivity contribution in [2.24, 2.45) is 0 Å². The van der Waals surface area contributed by atoms with Crippen LogP contribution in [0.5, 0.6) is 0 Å². The first-order valence-electron chi connectivity index (χ1n) is 4.92. The highest BCUT2D eigenvalue weighted by Crippen LogP contribution is 2.22. The van der Waals surface area contributed by atoms with Crippen LogP contribution in [0.3, 0.4) is 0 Å². The van der Waals surface area contributed by atoms with Crippen molar-refractivity contribution >= 4 is 17.2 Å². The molecule has 0 fully saturated rings. The Balaban J connectivity index is 2.46. The molecule has 2 rings (SSSR count). The van der Waals surface area contributed by atoms with Crippen molar-refractivity contribution in [2.75, 3.05) is 0 Å². The SMILES string of the molecule is C=C(C)c1cnc(-c2ccccc2)nc1Cl. The Morgan fingerprint density at radius 3 is 2.50 bits per heavy atom. The second kappa shape index (κ2) is 4.45. The first-order valence-corrected chi connectivity index (χ1v) is 5.30. The zero-order valence-corrected chi connectivity index (χ0v) is 9.70. The summed E-state index contributed by atoms with van der Waals surface area (Å²) in [6.45, 7) is 5.71. The minimum Gasteiger partial charge on any atom is -0.236 e. The number of aromatic nitrogens is 2. The van der Waals surface area contributed by atoms with Crippen LogP contribution in [0.15, 0.2) is 43.1 Å². The molecule has 0 unspecified atom stereocenters. The van der Waals surface area contributed by atoms with Gasteiger partial charge in [0.2, 0.25) is 0 Å². The van der Waals surface area contributed by atoms with Crippen LogP contribution in [0, 0.1) is 0 Å². The van der Waals surface area contributed by atoms with Crippen LogP contribution in [0.2, 0.25) is 5.15 Å². The van der Waals surface area contributed by atoms with Crippen molar-refractivity contribution < 1.29 is 0 Å². The van der Waals surface area contributed by atoms with Crippen molar-refractivity contribution in [1.29, 1.82) is 0 Å². The molecule has 0 aliphatic rings. The predicted molar refractivity (Wildman–Crippen MR) is 67.2 cm³/mol. The second-order valence-corrected chi connectivity index (χ2v) is 3.90. The van der Waals surface area contributed by atoms with Gasteiger partial charge in [0.05, 0.1) is 0 Å². The van der Waals surface area contributed by atoms with E-state index in [1.807, 2.05) is 37.3 Å². The standard InChI is InChI=1S/C13H11ClN2/c1-9(2)11-8-15-13(16-12(11)14)10-6-4-3-5-7-10/h3-8H,1H2,2H3. The van der Waals surface area contributed by atoms with Crippen LogP contribution in [-0.4, -0.2) is 9.97 Å². The van der Waals surface area contributed by atoms with Crippen molar-refractivity contribution in [3.63, 3.8) is 0 Å². The smallest absolute Gasteiger partial charge is 0.160 e. The minimum atomic E-state index is 0.446. The number of hydrogen-bond donors (Lipinski definition) is 0. The summed E-state index contributed by atoms with van der Waals surface area (Å²) in [5.74, 6) is 0.635. The normalized spacial score (nSPS) is 10.1. The van der Waals surface area contributed by atoms with Crippen molar-refractivity contribution in [1.82, 2.24) is 9.97 Å². The summed E-state index contributed by atoms with van der Waals surface area (Å²) in [6, 6.07) is 9.74. The molecule has 3 heteroatoms. The van der Waals surface area contributed by atoms with Crippen LogP contribution >= 0.6 is 11.6 Å². The number of benzene rings is 1. The van der Waals surface area contributed by atoms with E-state index in [2.05, 4.69) is 16.5 Å². The van der Waals surface area contributed by atoms with Crippen LogP contribution < -0.4 is 0 Å². The first kappa shape index (κ1) is 10.8. The Morgan fingerprint density at radius 1 is 1.25 bits per heavy atom. The highest BCUT2D eigenvalue weighted by molar-refractivity contribution is 6.31. The molecule has 0 aliphatic carbocycles. The van der Waals surface area contributed by atoms with Gasteiger partial charge in [-0.05, 0) is 12.5 Å². The molecule has 80 valence electrons. The van der Waals surface area contributed by atoms with E-state index < -0.39 is 0 Å². The van der Waals surface area contributed by atoms with Crippen LogP contribution in [0.4, 0.5) is 0 Å². The maximum atomic E-state index is 6.06. The number of nitrogens with zero attached hydrogens (tertiary/aromatic N) is 2. The molecule has 0 amide bonds. The molecular weight excluding hydrogens is 220 g/mol. The Labute approximate surface area is 99.6 Å². The fourth-order valence-corrected chi connectivity index (χ4v) is 1.66. The Hall–Kier alpha value is -1.67. The van der Waals surface area contributed by atoms with E-state index >= 15 is 0 Å². The molecule has 2 nitrogen and oxygen atoms in total. The van der Waals surface area contributed by atoms with Gasteiger partial charge in [0.1, 0.15) is 5.15 Å². The Kier molecular flexibility index (Phi) is 3.02. The van der Waals surface area contributed by atoms with Crippen molar-refractivity contribution in [2.45, 2.75) is 6.92 Å². The van der Waals surface area contributed by atoms with Gasteiger partial charge in [0.25, 0.3) is 0 Å². The number of hydrogen-bond acceptors (Lipinski definition) is 2. The van der Waals surface area contributed by atoms with Crippen molar-refractivity contribution in [3.8, 4) is 11.4 Å². The zero-order chi connectivity index (χ0) is 11.5. The third kappa shape index (κ3) is 2.12. The van der Waals surface area contributed by atoms with Gasteiger partial charge in [-0.2, -0.15) is 0 Å². The molecule has 1 aromatic heterocycles. The summed E-state index contributed by atoms with van der Waals surface area (Å²) >= 11 is 6.06. The third-order valence-corrected chi connectivity index (χ3v) is 2.52. The van der Waals surface area contributed by atoms with Gasteiger partial charge in [0, 0.05) is 17.3 Å². The topological polar surface area (TPSA) is 25.8 Å². The van der Waals surface area contributed by atoms with Crippen LogP contribution in [-0.2, 0) is 0 Å². The summed E-state index contributed by atoms with van der Waals surface area (Å²) in [7, 11) is 0. The zero-order valence-electron chi connectivity index (χ0n) is 8.94. The first-order chi connectivity index (χ1) is 7.68. The van der Waals surface area contributed by atoms with E-state index in [0.717, 1.165) is 16.7 Å². The summed E-state index contributed by atoms with van der Waals surface area (Å²) in [6.07, 6.45) is 1.71. The van der Waals surface area contributed by atoms with Gasteiger partial charge < -0.3 is 0 Å². The molecule has 1 heterocycles. The maximum absolute atomic E-state index is 6.06. The fourth-order valence-electron chi connectivity index (χ4n) is 1.37. The van der Waals surface area contributed by atoms with Gasteiger partial charge in [-0.1, -0.05) is 48.5 Å². The van der Waals surface area contributed by atoms with Gasteiger partial charge in [-0.15, -0.1) is 0 Å². The van der Waals surface area contributed by atoms with E-state index in [1.165, 1.54) is 0 Å². The second-order valence-electron chi connectivity index (χ2n) is 3.54. The Bertz CT molecular complexity index is 521. The predicted octanol–water partition coefficient (Wildman–Crippen LogP) is 3.83. The fraction of sp³-hybridized carbons (Fsp3) is 0.0769. The molecule has 0 saturated heterocycles. The lowest BCUT2D eigenvalue weighted by atomic mass is 10.2. The third-order valence-electron chi connectivity index (χ3n) is 2.23. The highest BCUT2D eigenvalue weighted by atomic mass is 35.5. The molecular formula is C13H11ClN2. The molecule has 0 aliphatic heterocycles. The molecule has 2 aromatic rings. The van der Waals surface area contributed by atoms with E-state index in [-0.39, 0.29) is 0 Å². The summed E-state index contributed by atoms with van der Waals surface area (Å²) in [4.78, 5) is 8.53. The number of allylic oxidation sites excluding steroid dienone is 1. The average Bonchev–Trinajstić information content (AvgIpc) is 2.29. The summed E-state index contributed by atoms with van der Waals surface area (Å²) in [5.41, 5.74) is 2.61.